The highest BCUT2D eigenvalue weighted by Gasteiger charge is 2.25. The number of furan rings is 4. The van der Waals surface area contributed by atoms with E-state index in [4.69, 9.17) is 17.7 Å². The SMILES string of the molecule is c1ccc(-c2ccc(-c3ccc4oc5c(-c6cccc(-c7cccc(-c8ccc9oc%10ccccc%10c9c8)c7-c7oc(-c8ccccc8)c8ccccc78)c6)cccc5c4c3)cc2-c2oc(-c3ccccc3)c3ccccc23)cc1. The average molecular weight is 1020 g/mol. The van der Waals surface area contributed by atoms with Crippen molar-refractivity contribution < 1.29 is 17.7 Å². The van der Waals surface area contributed by atoms with Crippen molar-refractivity contribution in [3.63, 3.8) is 0 Å². The monoisotopic (exact) mass is 1020 g/mol. The second kappa shape index (κ2) is 18.5. The fourth-order valence-electron chi connectivity index (χ4n) is 12.2. The Hall–Kier alpha value is -10.7. The summed E-state index contributed by atoms with van der Waals surface area (Å²) in [5, 5.41) is 8.53. The van der Waals surface area contributed by atoms with Gasteiger partial charge in [0.2, 0.25) is 0 Å². The van der Waals surface area contributed by atoms with E-state index in [-0.39, 0.29) is 0 Å². The smallest absolute Gasteiger partial charge is 0.143 e. The number of rotatable bonds is 9. The molecule has 0 aliphatic heterocycles. The summed E-state index contributed by atoms with van der Waals surface area (Å²) in [6.45, 7) is 0. The van der Waals surface area contributed by atoms with E-state index < -0.39 is 0 Å². The highest BCUT2D eigenvalue weighted by atomic mass is 16.3. The van der Waals surface area contributed by atoms with Crippen molar-refractivity contribution in [2.24, 2.45) is 0 Å². The summed E-state index contributed by atoms with van der Waals surface area (Å²) in [4.78, 5) is 0. The van der Waals surface area contributed by atoms with Crippen molar-refractivity contribution in [2.45, 2.75) is 0 Å². The van der Waals surface area contributed by atoms with E-state index in [1.807, 2.05) is 24.3 Å². The van der Waals surface area contributed by atoms with Gasteiger partial charge in [-0.1, -0.05) is 237 Å². The minimum absolute atomic E-state index is 0.819. The van der Waals surface area contributed by atoms with Gasteiger partial charge in [0.05, 0.1) is 0 Å². The molecule has 0 unspecified atom stereocenters. The third kappa shape index (κ3) is 7.45. The Balaban J connectivity index is 0.835. The maximum Gasteiger partial charge on any atom is 0.143 e. The zero-order chi connectivity index (χ0) is 52.7. The molecule has 0 fully saturated rings. The molecule has 0 saturated heterocycles. The van der Waals surface area contributed by atoms with Gasteiger partial charge in [0.25, 0.3) is 0 Å². The van der Waals surface area contributed by atoms with Crippen molar-refractivity contribution in [3.05, 3.63) is 279 Å². The van der Waals surface area contributed by atoms with Crippen LogP contribution in [0.25, 0.3) is 166 Å². The van der Waals surface area contributed by atoms with Gasteiger partial charge in [-0.25, -0.2) is 0 Å². The number of para-hydroxylation sites is 2. The lowest BCUT2D eigenvalue weighted by molar-refractivity contribution is 0.602. The van der Waals surface area contributed by atoms with Crippen LogP contribution in [-0.4, -0.2) is 0 Å². The van der Waals surface area contributed by atoms with Crippen LogP contribution in [-0.2, 0) is 0 Å². The molecule has 0 radical (unpaired) electrons. The maximum absolute atomic E-state index is 7.20. The molecule has 0 aliphatic carbocycles. The van der Waals surface area contributed by atoms with E-state index in [0.29, 0.717) is 0 Å². The standard InChI is InChI=1S/C76H46O4/c1-4-19-47(20-5-1)55-40-37-50(45-67(55)75-62-30-12-10-28-60(62)72(79-75)48-21-6-2-7-22-48)51-38-41-70-66(44-51)64-35-18-34-58(74(64)78-70)53-26-16-25-52(43-53)56-32-17-33-57(54-39-42-69-65(46-54)59-27-14-15-36-68(59)77-69)71(56)76-63-31-13-11-29-61(63)73(80-76)49-23-8-3-9-24-49/h1-46H. The van der Waals surface area contributed by atoms with Gasteiger partial charge in [0, 0.05) is 70.9 Å². The zero-order valence-electron chi connectivity index (χ0n) is 43.2. The molecule has 16 aromatic rings. The molecule has 374 valence electrons. The third-order valence-electron chi connectivity index (χ3n) is 16.0. The van der Waals surface area contributed by atoms with E-state index in [9.17, 15) is 0 Å². The lowest BCUT2D eigenvalue weighted by Crippen LogP contribution is -1.91. The van der Waals surface area contributed by atoms with Crippen molar-refractivity contribution >= 4 is 65.4 Å². The average Bonchev–Trinajstić information content (AvgIpc) is 4.35. The second-order valence-electron chi connectivity index (χ2n) is 20.6. The summed E-state index contributed by atoms with van der Waals surface area (Å²) in [5.41, 5.74) is 18.2. The molecule has 80 heavy (non-hydrogen) atoms. The Morgan fingerprint density at radius 2 is 0.600 bits per heavy atom. The molecule has 0 N–H and O–H groups in total. The van der Waals surface area contributed by atoms with Gasteiger partial charge >= 0.3 is 0 Å². The predicted octanol–water partition coefficient (Wildman–Crippen LogP) is 22.0. The van der Waals surface area contributed by atoms with Gasteiger partial charge in [-0.2, -0.15) is 0 Å². The Morgan fingerprint density at radius 1 is 0.175 bits per heavy atom. The summed E-state index contributed by atoms with van der Waals surface area (Å²) < 4.78 is 27.4. The summed E-state index contributed by atoms with van der Waals surface area (Å²) in [5.74, 6) is 3.37. The number of hydrogen-bond acceptors (Lipinski definition) is 4. The molecule has 0 bridgehead atoms. The van der Waals surface area contributed by atoms with Crippen LogP contribution in [0.4, 0.5) is 0 Å². The van der Waals surface area contributed by atoms with Gasteiger partial charge < -0.3 is 17.7 Å². The normalized spacial score (nSPS) is 11.8. The van der Waals surface area contributed by atoms with Crippen LogP contribution in [0.2, 0.25) is 0 Å². The second-order valence-corrected chi connectivity index (χ2v) is 20.6. The fourth-order valence-corrected chi connectivity index (χ4v) is 12.2. The largest absolute Gasteiger partial charge is 0.456 e. The molecule has 0 spiro atoms. The van der Waals surface area contributed by atoms with Crippen LogP contribution >= 0.6 is 0 Å². The quantitative estimate of drug-likeness (QED) is 0.145. The molecule has 4 heterocycles. The fraction of sp³-hybridized carbons (Fsp3) is 0. The van der Waals surface area contributed by atoms with Gasteiger partial charge in [-0.15, -0.1) is 0 Å². The van der Waals surface area contributed by atoms with Crippen LogP contribution in [0.5, 0.6) is 0 Å². The number of hydrogen-bond donors (Lipinski definition) is 0. The summed E-state index contributed by atoms with van der Waals surface area (Å²) in [7, 11) is 0. The highest BCUT2D eigenvalue weighted by Crippen LogP contribution is 2.49. The molecule has 16 rings (SSSR count). The molecular weight excluding hydrogens is 977 g/mol. The third-order valence-corrected chi connectivity index (χ3v) is 16.0. The Morgan fingerprint density at radius 3 is 1.29 bits per heavy atom. The first-order valence-electron chi connectivity index (χ1n) is 27.1. The van der Waals surface area contributed by atoms with Crippen LogP contribution in [0.1, 0.15) is 0 Å². The first kappa shape index (κ1) is 45.5. The zero-order valence-corrected chi connectivity index (χ0v) is 43.2. The number of benzene rings is 12. The molecule has 12 aromatic carbocycles. The molecule has 0 atom stereocenters. The summed E-state index contributed by atoms with van der Waals surface area (Å²) >= 11 is 0. The minimum Gasteiger partial charge on any atom is -0.456 e. The minimum atomic E-state index is 0.819. The first-order valence-corrected chi connectivity index (χ1v) is 27.1. The van der Waals surface area contributed by atoms with Gasteiger partial charge in [-0.05, 0) is 92.5 Å². The predicted molar refractivity (Wildman–Crippen MR) is 329 cm³/mol. The number of fused-ring (bicyclic) bond motifs is 8. The van der Waals surface area contributed by atoms with E-state index in [1.165, 1.54) is 0 Å². The highest BCUT2D eigenvalue weighted by molar-refractivity contribution is 6.13. The topological polar surface area (TPSA) is 52.6 Å². The van der Waals surface area contributed by atoms with Gasteiger partial charge in [-0.3, -0.25) is 0 Å². The Bertz CT molecular complexity index is 5050. The Kier molecular flexibility index (Phi) is 10.5. The van der Waals surface area contributed by atoms with E-state index in [0.717, 1.165) is 166 Å². The molecular formula is C76H46O4. The van der Waals surface area contributed by atoms with E-state index >= 15 is 0 Å². The van der Waals surface area contributed by atoms with Crippen molar-refractivity contribution in [2.75, 3.05) is 0 Å². The molecule has 4 aromatic heterocycles. The molecule has 0 saturated carbocycles. The lowest BCUT2D eigenvalue weighted by Gasteiger charge is -2.16. The van der Waals surface area contributed by atoms with Gasteiger partial charge in [0.1, 0.15) is 45.4 Å². The molecule has 0 amide bonds. The van der Waals surface area contributed by atoms with Crippen LogP contribution in [0.15, 0.2) is 297 Å². The maximum atomic E-state index is 7.20. The Labute approximate surface area is 460 Å². The van der Waals surface area contributed by atoms with E-state index in [2.05, 4.69) is 255 Å². The molecule has 0 aliphatic rings. The van der Waals surface area contributed by atoms with E-state index in [1.54, 1.807) is 0 Å². The van der Waals surface area contributed by atoms with Gasteiger partial charge in [0.15, 0.2) is 0 Å². The van der Waals surface area contributed by atoms with Crippen LogP contribution in [0, 0.1) is 0 Å². The van der Waals surface area contributed by atoms with Crippen LogP contribution in [0.3, 0.4) is 0 Å². The van der Waals surface area contributed by atoms with Crippen molar-refractivity contribution in [1.29, 1.82) is 0 Å². The molecule has 4 heteroatoms. The lowest BCUT2D eigenvalue weighted by atomic mass is 9.88. The first-order chi connectivity index (χ1) is 39.7. The van der Waals surface area contributed by atoms with Crippen molar-refractivity contribution in [1.82, 2.24) is 0 Å². The summed E-state index contributed by atoms with van der Waals surface area (Å²) in [6, 6.07) is 98.4. The summed E-state index contributed by atoms with van der Waals surface area (Å²) in [6.07, 6.45) is 0. The van der Waals surface area contributed by atoms with Crippen LogP contribution < -0.4 is 0 Å². The van der Waals surface area contributed by atoms with Crippen molar-refractivity contribution in [3.8, 4) is 101 Å². The molecule has 4 nitrogen and oxygen atoms in total.